The average Bonchev–Trinajstić information content (AvgIpc) is 3.18. The van der Waals surface area contributed by atoms with Crippen molar-refractivity contribution in [3.63, 3.8) is 0 Å². The first kappa shape index (κ1) is 19.1. The summed E-state index contributed by atoms with van der Waals surface area (Å²) in [5.74, 6) is -0.407. The van der Waals surface area contributed by atoms with E-state index in [4.69, 9.17) is 4.74 Å². The Balaban J connectivity index is 1.97. The Labute approximate surface area is 172 Å². The molecule has 0 atom stereocenters. The summed E-state index contributed by atoms with van der Waals surface area (Å²) in [6.45, 7) is 0. The van der Waals surface area contributed by atoms with Gasteiger partial charge in [-0.25, -0.2) is 9.78 Å². The fourth-order valence-corrected chi connectivity index (χ4v) is 3.26. The van der Waals surface area contributed by atoms with Gasteiger partial charge in [0.1, 0.15) is 28.6 Å². The van der Waals surface area contributed by atoms with E-state index >= 15 is 0 Å². The number of imidazole rings is 1. The lowest BCUT2D eigenvalue weighted by Gasteiger charge is -2.11. The Morgan fingerprint density at radius 3 is 2.17 bits per heavy atom. The Morgan fingerprint density at radius 1 is 0.933 bits per heavy atom. The Bertz CT molecular complexity index is 1250. The number of aromatic hydroxyl groups is 2. The molecule has 0 spiro atoms. The molecule has 0 amide bonds. The number of aromatic carboxylic acids is 1. The van der Waals surface area contributed by atoms with E-state index in [-0.39, 0.29) is 22.8 Å². The zero-order valence-corrected chi connectivity index (χ0v) is 16.0. The van der Waals surface area contributed by atoms with Crippen molar-refractivity contribution in [2.75, 3.05) is 7.11 Å². The molecular formula is C23H18N2O5. The number of phenolic OH excluding ortho intramolecular Hbond substituents is 2. The van der Waals surface area contributed by atoms with Crippen LogP contribution in [0.15, 0.2) is 72.9 Å². The second kappa shape index (κ2) is 7.63. The Kier molecular flexibility index (Phi) is 4.85. The van der Waals surface area contributed by atoms with Crippen molar-refractivity contribution in [3.8, 4) is 45.6 Å². The van der Waals surface area contributed by atoms with Crippen LogP contribution in [0.2, 0.25) is 0 Å². The van der Waals surface area contributed by atoms with Gasteiger partial charge >= 0.3 is 5.97 Å². The van der Waals surface area contributed by atoms with Gasteiger partial charge in [-0.3, -0.25) is 4.57 Å². The molecule has 7 nitrogen and oxygen atoms in total. The van der Waals surface area contributed by atoms with Crippen molar-refractivity contribution in [3.05, 3.63) is 78.5 Å². The molecule has 3 N–H and O–H groups in total. The number of carboxylic acids is 1. The van der Waals surface area contributed by atoms with Crippen LogP contribution in [0.1, 0.15) is 10.4 Å². The second-order valence-electron chi connectivity index (χ2n) is 6.54. The van der Waals surface area contributed by atoms with Crippen molar-refractivity contribution in [2.45, 2.75) is 0 Å². The summed E-state index contributed by atoms with van der Waals surface area (Å²) < 4.78 is 6.81. The molecule has 0 aliphatic carbocycles. The van der Waals surface area contributed by atoms with E-state index in [9.17, 15) is 20.1 Å². The predicted octanol–water partition coefficient (Wildman–Crippen LogP) is 4.32. The number of carboxylic acid groups (broad SMARTS) is 1. The fourth-order valence-electron chi connectivity index (χ4n) is 3.26. The van der Waals surface area contributed by atoms with Crippen LogP contribution in [-0.2, 0) is 0 Å². The highest BCUT2D eigenvalue weighted by Gasteiger charge is 2.19. The van der Waals surface area contributed by atoms with Crippen LogP contribution in [0.4, 0.5) is 0 Å². The molecule has 0 saturated heterocycles. The molecule has 1 aromatic heterocycles. The maximum absolute atomic E-state index is 11.7. The van der Waals surface area contributed by atoms with Gasteiger partial charge in [-0.15, -0.1) is 0 Å². The molecule has 0 bridgehead atoms. The lowest BCUT2D eigenvalue weighted by Crippen LogP contribution is -2.03. The SMILES string of the molecule is COc1ccc(-n2cc(-c3ccccc3O)nc2-c2ccccc2O)cc1C(=O)O. The smallest absolute Gasteiger partial charge is 0.339 e. The molecule has 0 fully saturated rings. The number of para-hydroxylation sites is 2. The number of nitrogens with zero attached hydrogens (tertiary/aromatic N) is 2. The van der Waals surface area contributed by atoms with Gasteiger partial charge in [0, 0.05) is 17.4 Å². The van der Waals surface area contributed by atoms with E-state index in [2.05, 4.69) is 4.98 Å². The summed E-state index contributed by atoms with van der Waals surface area (Å²) >= 11 is 0. The van der Waals surface area contributed by atoms with E-state index in [0.29, 0.717) is 28.3 Å². The summed E-state index contributed by atoms with van der Waals surface area (Å²) in [5, 5.41) is 30.2. The molecule has 0 saturated carbocycles. The Morgan fingerprint density at radius 2 is 1.57 bits per heavy atom. The zero-order valence-electron chi connectivity index (χ0n) is 16.0. The molecule has 0 aliphatic heterocycles. The number of hydrogen-bond acceptors (Lipinski definition) is 5. The van der Waals surface area contributed by atoms with E-state index in [1.54, 1.807) is 71.4 Å². The number of hydrogen-bond donors (Lipinski definition) is 3. The van der Waals surface area contributed by atoms with Crippen molar-refractivity contribution in [1.29, 1.82) is 0 Å². The third kappa shape index (κ3) is 3.33. The second-order valence-corrected chi connectivity index (χ2v) is 6.54. The molecule has 0 radical (unpaired) electrons. The summed E-state index contributed by atoms with van der Waals surface area (Å²) in [7, 11) is 1.41. The number of benzene rings is 3. The molecule has 4 rings (SSSR count). The van der Waals surface area contributed by atoms with Crippen molar-refractivity contribution >= 4 is 5.97 Å². The van der Waals surface area contributed by atoms with E-state index in [1.165, 1.54) is 13.2 Å². The third-order valence-corrected chi connectivity index (χ3v) is 4.72. The average molecular weight is 402 g/mol. The maximum atomic E-state index is 11.7. The number of aromatic nitrogens is 2. The molecule has 0 unspecified atom stereocenters. The molecule has 7 heteroatoms. The van der Waals surface area contributed by atoms with Crippen LogP contribution in [0.3, 0.4) is 0 Å². The lowest BCUT2D eigenvalue weighted by molar-refractivity contribution is 0.0693. The quantitative estimate of drug-likeness (QED) is 0.459. The number of carbonyl (C=O) groups is 1. The number of ether oxygens (including phenoxy) is 1. The minimum Gasteiger partial charge on any atom is -0.507 e. The topological polar surface area (TPSA) is 105 Å². The highest BCUT2D eigenvalue weighted by Crippen LogP contribution is 2.35. The largest absolute Gasteiger partial charge is 0.507 e. The standard InChI is InChI=1S/C23H18N2O5/c1-30-21-11-10-14(12-17(21)23(28)29)25-13-18(15-6-2-4-8-19(15)26)24-22(25)16-7-3-5-9-20(16)27/h2-13,26-27H,1H3,(H,28,29). The first-order chi connectivity index (χ1) is 14.5. The van der Waals surface area contributed by atoms with Crippen molar-refractivity contribution in [1.82, 2.24) is 9.55 Å². The van der Waals surface area contributed by atoms with Gasteiger partial charge in [-0.2, -0.15) is 0 Å². The molecule has 150 valence electrons. The van der Waals surface area contributed by atoms with Crippen molar-refractivity contribution < 1.29 is 24.9 Å². The van der Waals surface area contributed by atoms with Gasteiger partial charge in [0.25, 0.3) is 0 Å². The van der Waals surface area contributed by atoms with Crippen molar-refractivity contribution in [2.24, 2.45) is 0 Å². The summed E-state index contributed by atoms with van der Waals surface area (Å²) in [5.41, 5.74) is 1.96. The van der Waals surface area contributed by atoms with Crippen LogP contribution < -0.4 is 4.74 Å². The zero-order chi connectivity index (χ0) is 21.3. The monoisotopic (exact) mass is 402 g/mol. The van der Waals surface area contributed by atoms with E-state index in [0.717, 1.165) is 0 Å². The maximum Gasteiger partial charge on any atom is 0.339 e. The van der Waals surface area contributed by atoms with E-state index in [1.807, 2.05) is 0 Å². The summed E-state index contributed by atoms with van der Waals surface area (Å²) in [6.07, 6.45) is 1.68. The van der Waals surface area contributed by atoms with Crippen LogP contribution >= 0.6 is 0 Å². The van der Waals surface area contributed by atoms with E-state index < -0.39 is 5.97 Å². The molecule has 3 aromatic carbocycles. The summed E-state index contributed by atoms with van der Waals surface area (Å²) in [6, 6.07) is 18.2. The fraction of sp³-hybridized carbons (Fsp3) is 0.0435. The normalized spacial score (nSPS) is 10.7. The van der Waals surface area contributed by atoms with Gasteiger partial charge in [-0.05, 0) is 42.5 Å². The number of methoxy groups -OCH3 is 1. The van der Waals surface area contributed by atoms with Crippen LogP contribution in [0.25, 0.3) is 28.3 Å². The van der Waals surface area contributed by atoms with Crippen LogP contribution in [0.5, 0.6) is 17.2 Å². The minimum absolute atomic E-state index is 0.00366. The highest BCUT2D eigenvalue weighted by atomic mass is 16.5. The third-order valence-electron chi connectivity index (χ3n) is 4.72. The van der Waals surface area contributed by atoms with Gasteiger partial charge in [-0.1, -0.05) is 24.3 Å². The van der Waals surface area contributed by atoms with Gasteiger partial charge in [0.15, 0.2) is 0 Å². The van der Waals surface area contributed by atoms with Gasteiger partial charge in [0.2, 0.25) is 0 Å². The number of phenols is 2. The highest BCUT2D eigenvalue weighted by molar-refractivity contribution is 5.91. The molecule has 0 aliphatic rings. The lowest BCUT2D eigenvalue weighted by atomic mass is 10.1. The van der Waals surface area contributed by atoms with Crippen LogP contribution in [0, 0.1) is 0 Å². The molecular weight excluding hydrogens is 384 g/mol. The predicted molar refractivity (Wildman–Crippen MR) is 111 cm³/mol. The molecule has 4 aromatic rings. The summed E-state index contributed by atoms with van der Waals surface area (Å²) in [4.78, 5) is 16.3. The Hall–Kier alpha value is -4.26. The first-order valence-corrected chi connectivity index (χ1v) is 9.07. The van der Waals surface area contributed by atoms with Gasteiger partial charge in [0.05, 0.1) is 18.4 Å². The molecule has 1 heterocycles. The van der Waals surface area contributed by atoms with Gasteiger partial charge < -0.3 is 20.1 Å². The van der Waals surface area contributed by atoms with Crippen LogP contribution in [-0.4, -0.2) is 37.9 Å². The minimum atomic E-state index is -1.13. The number of rotatable bonds is 5. The molecule has 30 heavy (non-hydrogen) atoms. The first-order valence-electron chi connectivity index (χ1n) is 9.07.